The molecule has 5 heteroatoms. The zero-order valence-corrected chi connectivity index (χ0v) is 11.5. The Balaban J connectivity index is 4.16. The Morgan fingerprint density at radius 3 is 2.06 bits per heavy atom. The third kappa shape index (κ3) is 4.73. The molecule has 0 saturated carbocycles. The standard InChI is InChI=1S/C12H25N3O2/c1-6-14-9(16)7-8-15-10(17)11(2,3)12(4,5)13/h6-8,13H2,1-5H3,(H,14,16)(H,15,17). The van der Waals surface area contributed by atoms with E-state index in [0.29, 0.717) is 19.5 Å². The van der Waals surface area contributed by atoms with E-state index in [1.807, 2.05) is 20.8 Å². The molecule has 0 saturated heterocycles. The van der Waals surface area contributed by atoms with Gasteiger partial charge in [-0.1, -0.05) is 0 Å². The van der Waals surface area contributed by atoms with Crippen LogP contribution in [-0.2, 0) is 9.59 Å². The van der Waals surface area contributed by atoms with Crippen LogP contribution >= 0.6 is 0 Å². The lowest BCUT2D eigenvalue weighted by molar-refractivity contribution is -0.132. The van der Waals surface area contributed by atoms with Crippen LogP contribution in [0.15, 0.2) is 0 Å². The first-order valence-corrected chi connectivity index (χ1v) is 5.96. The molecule has 0 aromatic rings. The van der Waals surface area contributed by atoms with Crippen molar-refractivity contribution < 1.29 is 9.59 Å². The predicted octanol–water partition coefficient (Wildman–Crippen LogP) is 0.392. The summed E-state index contributed by atoms with van der Waals surface area (Å²) >= 11 is 0. The molecule has 0 aliphatic heterocycles. The van der Waals surface area contributed by atoms with Gasteiger partial charge in [-0.05, 0) is 34.6 Å². The molecular weight excluding hydrogens is 218 g/mol. The molecule has 0 aromatic carbocycles. The second kappa shape index (κ2) is 6.00. The molecule has 0 atom stereocenters. The summed E-state index contributed by atoms with van der Waals surface area (Å²) in [6.07, 6.45) is 0.292. The van der Waals surface area contributed by atoms with Gasteiger partial charge in [0.1, 0.15) is 0 Å². The molecule has 100 valence electrons. The molecule has 17 heavy (non-hydrogen) atoms. The quantitative estimate of drug-likeness (QED) is 0.631. The number of hydrogen-bond acceptors (Lipinski definition) is 3. The zero-order valence-electron chi connectivity index (χ0n) is 11.5. The van der Waals surface area contributed by atoms with Gasteiger partial charge >= 0.3 is 0 Å². The van der Waals surface area contributed by atoms with Crippen molar-refractivity contribution in [2.24, 2.45) is 11.1 Å². The van der Waals surface area contributed by atoms with E-state index in [9.17, 15) is 9.59 Å². The highest BCUT2D eigenvalue weighted by atomic mass is 16.2. The molecule has 0 heterocycles. The van der Waals surface area contributed by atoms with Gasteiger partial charge in [0.15, 0.2) is 0 Å². The minimum atomic E-state index is -0.672. The van der Waals surface area contributed by atoms with E-state index in [2.05, 4.69) is 10.6 Å². The maximum atomic E-state index is 11.9. The van der Waals surface area contributed by atoms with Gasteiger partial charge in [0, 0.05) is 25.0 Å². The summed E-state index contributed by atoms with van der Waals surface area (Å²) in [6, 6.07) is 0. The first-order chi connectivity index (χ1) is 7.63. The average Bonchev–Trinajstić information content (AvgIpc) is 2.16. The summed E-state index contributed by atoms with van der Waals surface area (Å²) in [6.45, 7) is 10.0. The van der Waals surface area contributed by atoms with E-state index < -0.39 is 11.0 Å². The number of rotatable bonds is 6. The summed E-state index contributed by atoms with van der Waals surface area (Å²) in [7, 11) is 0. The molecule has 4 N–H and O–H groups in total. The summed E-state index contributed by atoms with van der Waals surface area (Å²) in [5, 5.41) is 5.41. The van der Waals surface area contributed by atoms with Crippen LogP contribution in [0.5, 0.6) is 0 Å². The van der Waals surface area contributed by atoms with Crippen LogP contribution in [-0.4, -0.2) is 30.4 Å². The molecule has 0 spiro atoms. The van der Waals surface area contributed by atoms with Crippen molar-refractivity contribution in [1.82, 2.24) is 10.6 Å². The topological polar surface area (TPSA) is 84.2 Å². The van der Waals surface area contributed by atoms with Crippen LogP contribution in [0.25, 0.3) is 0 Å². The van der Waals surface area contributed by atoms with Crippen LogP contribution in [0.1, 0.15) is 41.0 Å². The Morgan fingerprint density at radius 1 is 1.12 bits per heavy atom. The highest BCUT2D eigenvalue weighted by Crippen LogP contribution is 2.28. The van der Waals surface area contributed by atoms with Gasteiger partial charge in [0.05, 0.1) is 5.41 Å². The molecule has 0 bridgehead atoms. The maximum absolute atomic E-state index is 11.9. The van der Waals surface area contributed by atoms with Gasteiger partial charge in [-0.3, -0.25) is 9.59 Å². The second-order valence-corrected chi connectivity index (χ2v) is 5.31. The Bertz CT molecular complexity index is 280. The molecule has 0 radical (unpaired) electrons. The van der Waals surface area contributed by atoms with Crippen LogP contribution < -0.4 is 16.4 Å². The summed E-state index contributed by atoms with van der Waals surface area (Å²) < 4.78 is 0. The smallest absolute Gasteiger partial charge is 0.227 e. The molecule has 0 aliphatic rings. The van der Waals surface area contributed by atoms with Crippen molar-refractivity contribution in [1.29, 1.82) is 0 Å². The maximum Gasteiger partial charge on any atom is 0.227 e. The first kappa shape index (κ1) is 15.9. The van der Waals surface area contributed by atoms with Crippen molar-refractivity contribution in [3.05, 3.63) is 0 Å². The second-order valence-electron chi connectivity index (χ2n) is 5.31. The van der Waals surface area contributed by atoms with E-state index >= 15 is 0 Å². The summed E-state index contributed by atoms with van der Waals surface area (Å²) in [5.74, 6) is -0.188. The Kier molecular flexibility index (Phi) is 5.61. The Morgan fingerprint density at radius 2 is 1.65 bits per heavy atom. The van der Waals surface area contributed by atoms with E-state index in [1.54, 1.807) is 13.8 Å². The minimum absolute atomic E-state index is 0.0578. The van der Waals surface area contributed by atoms with Crippen molar-refractivity contribution in [2.45, 2.75) is 46.6 Å². The summed E-state index contributed by atoms with van der Waals surface area (Å²) in [5.41, 5.74) is 4.67. The number of hydrogen-bond donors (Lipinski definition) is 3. The number of carbonyl (C=O) groups excluding carboxylic acids is 2. The Hall–Kier alpha value is -1.10. The molecule has 0 unspecified atom stereocenters. The lowest BCUT2D eigenvalue weighted by Gasteiger charge is -2.36. The average molecular weight is 243 g/mol. The molecule has 0 fully saturated rings. The first-order valence-electron chi connectivity index (χ1n) is 5.96. The third-order valence-corrected chi connectivity index (χ3v) is 3.19. The Labute approximate surface area is 104 Å². The van der Waals surface area contributed by atoms with Gasteiger partial charge in [0.2, 0.25) is 11.8 Å². The minimum Gasteiger partial charge on any atom is -0.356 e. The van der Waals surface area contributed by atoms with Crippen LogP contribution in [0, 0.1) is 5.41 Å². The van der Waals surface area contributed by atoms with Crippen LogP contribution in [0.2, 0.25) is 0 Å². The van der Waals surface area contributed by atoms with Gasteiger partial charge in [-0.15, -0.1) is 0 Å². The number of nitrogens with two attached hydrogens (primary N) is 1. The predicted molar refractivity (Wildman–Crippen MR) is 68.4 cm³/mol. The fourth-order valence-corrected chi connectivity index (χ4v) is 1.09. The molecule has 0 rings (SSSR count). The fourth-order valence-electron chi connectivity index (χ4n) is 1.09. The summed E-state index contributed by atoms with van der Waals surface area (Å²) in [4.78, 5) is 23.1. The fraction of sp³-hybridized carbons (Fsp3) is 0.833. The molecule has 2 amide bonds. The molecular formula is C12H25N3O2. The van der Waals surface area contributed by atoms with Crippen molar-refractivity contribution >= 4 is 11.8 Å². The number of amides is 2. The van der Waals surface area contributed by atoms with Crippen LogP contribution in [0.3, 0.4) is 0 Å². The zero-order chi connectivity index (χ0) is 13.7. The lowest BCUT2D eigenvalue weighted by atomic mass is 9.74. The molecule has 0 aliphatic carbocycles. The number of carbonyl (C=O) groups is 2. The van der Waals surface area contributed by atoms with Gasteiger partial charge in [-0.2, -0.15) is 0 Å². The highest BCUT2D eigenvalue weighted by molar-refractivity contribution is 5.84. The highest BCUT2D eigenvalue weighted by Gasteiger charge is 2.40. The van der Waals surface area contributed by atoms with Crippen molar-refractivity contribution in [2.75, 3.05) is 13.1 Å². The van der Waals surface area contributed by atoms with Gasteiger partial charge < -0.3 is 16.4 Å². The third-order valence-electron chi connectivity index (χ3n) is 3.19. The van der Waals surface area contributed by atoms with E-state index in [-0.39, 0.29) is 11.8 Å². The SMILES string of the molecule is CCNC(=O)CCNC(=O)C(C)(C)C(C)(C)N. The van der Waals surface area contributed by atoms with Crippen LogP contribution in [0.4, 0.5) is 0 Å². The van der Waals surface area contributed by atoms with Crippen molar-refractivity contribution in [3.8, 4) is 0 Å². The monoisotopic (exact) mass is 243 g/mol. The molecule has 5 nitrogen and oxygen atoms in total. The number of nitrogens with one attached hydrogen (secondary N) is 2. The van der Waals surface area contributed by atoms with E-state index in [1.165, 1.54) is 0 Å². The van der Waals surface area contributed by atoms with Gasteiger partial charge in [0.25, 0.3) is 0 Å². The van der Waals surface area contributed by atoms with Gasteiger partial charge in [-0.25, -0.2) is 0 Å². The largest absolute Gasteiger partial charge is 0.356 e. The lowest BCUT2D eigenvalue weighted by Crippen LogP contribution is -2.55. The van der Waals surface area contributed by atoms with E-state index in [0.717, 1.165) is 0 Å². The van der Waals surface area contributed by atoms with E-state index in [4.69, 9.17) is 5.73 Å². The normalized spacial score (nSPS) is 12.1. The van der Waals surface area contributed by atoms with Crippen molar-refractivity contribution in [3.63, 3.8) is 0 Å². The molecule has 0 aromatic heterocycles.